The topological polar surface area (TPSA) is 24.9 Å². The minimum Gasteiger partial charge on any atom is -0.309 e. The molecule has 1 heterocycles. The van der Waals surface area contributed by atoms with Crippen LogP contribution in [0.3, 0.4) is 0 Å². The van der Waals surface area contributed by atoms with E-state index in [2.05, 4.69) is 52.4 Å². The van der Waals surface area contributed by atoms with Gasteiger partial charge in [-0.15, -0.1) is 11.3 Å². The average Bonchev–Trinajstić information content (AvgIpc) is 2.85. The van der Waals surface area contributed by atoms with Gasteiger partial charge in [-0.1, -0.05) is 41.1 Å². The zero-order valence-corrected chi connectivity index (χ0v) is 14.1. The molecule has 4 heteroatoms. The standard InChI is InChI=1S/C16H19BrN2S/c1-2-18-13-8-5-9-14-16(13)19-15(20-14)10-11-6-3-4-7-12(11)17/h3-4,6-7,13,18H,2,5,8-10H2,1H3. The maximum atomic E-state index is 4.92. The Bertz CT molecular complexity index is 594. The summed E-state index contributed by atoms with van der Waals surface area (Å²) in [6, 6.07) is 8.89. The first-order chi connectivity index (χ1) is 9.78. The van der Waals surface area contributed by atoms with Crippen molar-refractivity contribution in [2.45, 2.75) is 38.6 Å². The first kappa shape index (κ1) is 14.2. The molecule has 1 aromatic carbocycles. The van der Waals surface area contributed by atoms with E-state index < -0.39 is 0 Å². The van der Waals surface area contributed by atoms with Gasteiger partial charge >= 0.3 is 0 Å². The maximum Gasteiger partial charge on any atom is 0.0976 e. The number of halogens is 1. The van der Waals surface area contributed by atoms with E-state index in [9.17, 15) is 0 Å². The summed E-state index contributed by atoms with van der Waals surface area (Å²) in [5.41, 5.74) is 2.63. The Balaban J connectivity index is 1.84. The van der Waals surface area contributed by atoms with Crippen LogP contribution in [0, 0.1) is 0 Å². The van der Waals surface area contributed by atoms with Crippen LogP contribution in [-0.4, -0.2) is 11.5 Å². The molecule has 2 aromatic rings. The summed E-state index contributed by atoms with van der Waals surface area (Å²) in [7, 11) is 0. The van der Waals surface area contributed by atoms with Gasteiger partial charge in [0.05, 0.1) is 16.7 Å². The van der Waals surface area contributed by atoms with Crippen LogP contribution in [0.15, 0.2) is 28.7 Å². The molecule has 106 valence electrons. The summed E-state index contributed by atoms with van der Waals surface area (Å²) in [6.45, 7) is 3.18. The number of benzene rings is 1. The van der Waals surface area contributed by atoms with Gasteiger partial charge in [0.2, 0.25) is 0 Å². The molecule has 0 fully saturated rings. The van der Waals surface area contributed by atoms with Crippen molar-refractivity contribution in [3.05, 3.63) is 49.9 Å². The fourth-order valence-electron chi connectivity index (χ4n) is 2.79. The number of nitrogens with zero attached hydrogens (tertiary/aromatic N) is 1. The third kappa shape index (κ3) is 2.97. The van der Waals surface area contributed by atoms with Crippen LogP contribution in [0.25, 0.3) is 0 Å². The molecular formula is C16H19BrN2S. The van der Waals surface area contributed by atoms with Gasteiger partial charge in [0.1, 0.15) is 0 Å². The SMILES string of the molecule is CCNC1CCCc2sc(Cc3ccccc3Br)nc21. The highest BCUT2D eigenvalue weighted by molar-refractivity contribution is 9.10. The van der Waals surface area contributed by atoms with Crippen molar-refractivity contribution >= 4 is 27.3 Å². The molecule has 1 N–H and O–H groups in total. The van der Waals surface area contributed by atoms with Crippen molar-refractivity contribution in [3.63, 3.8) is 0 Å². The van der Waals surface area contributed by atoms with E-state index >= 15 is 0 Å². The number of hydrogen-bond acceptors (Lipinski definition) is 3. The minimum atomic E-state index is 0.466. The molecule has 0 bridgehead atoms. The van der Waals surface area contributed by atoms with Crippen LogP contribution in [0.1, 0.15) is 46.9 Å². The van der Waals surface area contributed by atoms with Gasteiger partial charge in [-0.05, 0) is 37.4 Å². The van der Waals surface area contributed by atoms with E-state index in [4.69, 9.17) is 4.98 Å². The number of aromatic nitrogens is 1. The quantitative estimate of drug-likeness (QED) is 0.878. The van der Waals surface area contributed by atoms with Gasteiger partial charge in [-0.3, -0.25) is 0 Å². The zero-order chi connectivity index (χ0) is 13.9. The van der Waals surface area contributed by atoms with Crippen molar-refractivity contribution in [3.8, 4) is 0 Å². The lowest BCUT2D eigenvalue weighted by Gasteiger charge is -2.21. The molecule has 0 saturated heterocycles. The normalized spacial score (nSPS) is 18.0. The number of rotatable bonds is 4. The van der Waals surface area contributed by atoms with Crippen LogP contribution in [0.2, 0.25) is 0 Å². The van der Waals surface area contributed by atoms with Crippen LogP contribution in [0.4, 0.5) is 0 Å². The fourth-order valence-corrected chi connectivity index (χ4v) is 4.41. The predicted octanol–water partition coefficient (Wildman–Crippen LogP) is 4.48. The fraction of sp³-hybridized carbons (Fsp3) is 0.438. The molecule has 0 spiro atoms. The Morgan fingerprint density at radius 3 is 3.05 bits per heavy atom. The molecule has 20 heavy (non-hydrogen) atoms. The van der Waals surface area contributed by atoms with Crippen LogP contribution in [-0.2, 0) is 12.8 Å². The van der Waals surface area contributed by atoms with Crippen molar-refractivity contribution in [2.24, 2.45) is 0 Å². The van der Waals surface area contributed by atoms with Crippen molar-refractivity contribution in [2.75, 3.05) is 6.54 Å². The van der Waals surface area contributed by atoms with E-state index in [-0.39, 0.29) is 0 Å². The number of fused-ring (bicyclic) bond motifs is 1. The molecule has 0 radical (unpaired) electrons. The Labute approximate surface area is 132 Å². The maximum absolute atomic E-state index is 4.92. The number of hydrogen-bond donors (Lipinski definition) is 1. The third-order valence-corrected chi connectivity index (χ3v) is 5.65. The Hall–Kier alpha value is -0.710. The van der Waals surface area contributed by atoms with Gasteiger partial charge in [0.25, 0.3) is 0 Å². The predicted molar refractivity (Wildman–Crippen MR) is 88.4 cm³/mol. The summed E-state index contributed by atoms with van der Waals surface area (Å²) in [4.78, 5) is 6.41. The Morgan fingerprint density at radius 1 is 1.40 bits per heavy atom. The third-order valence-electron chi connectivity index (χ3n) is 3.75. The largest absolute Gasteiger partial charge is 0.309 e. The monoisotopic (exact) mass is 350 g/mol. The van der Waals surface area contributed by atoms with Gasteiger partial charge in [0, 0.05) is 15.8 Å². The smallest absolute Gasteiger partial charge is 0.0976 e. The molecule has 2 nitrogen and oxygen atoms in total. The second-order valence-electron chi connectivity index (χ2n) is 5.19. The van der Waals surface area contributed by atoms with Crippen molar-refractivity contribution < 1.29 is 0 Å². The number of nitrogens with one attached hydrogen (secondary N) is 1. The minimum absolute atomic E-state index is 0.466. The first-order valence-electron chi connectivity index (χ1n) is 7.23. The van der Waals surface area contributed by atoms with Gasteiger partial charge in [-0.25, -0.2) is 4.98 Å². The van der Waals surface area contributed by atoms with Gasteiger partial charge in [-0.2, -0.15) is 0 Å². The second kappa shape index (κ2) is 6.37. The molecule has 0 amide bonds. The first-order valence-corrected chi connectivity index (χ1v) is 8.84. The lowest BCUT2D eigenvalue weighted by molar-refractivity contribution is 0.465. The lowest BCUT2D eigenvalue weighted by atomic mass is 9.98. The van der Waals surface area contributed by atoms with Crippen molar-refractivity contribution in [1.82, 2.24) is 10.3 Å². The molecule has 1 atom stereocenters. The number of aryl methyl sites for hydroxylation is 1. The molecule has 1 unspecified atom stereocenters. The highest BCUT2D eigenvalue weighted by Gasteiger charge is 2.24. The average molecular weight is 351 g/mol. The Kier molecular flexibility index (Phi) is 4.54. The molecule has 1 aliphatic carbocycles. The second-order valence-corrected chi connectivity index (χ2v) is 7.21. The van der Waals surface area contributed by atoms with Gasteiger partial charge in [0.15, 0.2) is 0 Å². The molecule has 1 aliphatic rings. The summed E-state index contributed by atoms with van der Waals surface area (Å²) in [6.07, 6.45) is 4.63. The summed E-state index contributed by atoms with van der Waals surface area (Å²) in [5, 5.41) is 4.81. The molecule has 0 saturated carbocycles. The lowest BCUT2D eigenvalue weighted by Crippen LogP contribution is -2.24. The molecule has 3 rings (SSSR count). The van der Waals surface area contributed by atoms with E-state index in [1.807, 2.05) is 11.3 Å². The van der Waals surface area contributed by atoms with E-state index in [0.717, 1.165) is 13.0 Å². The zero-order valence-electron chi connectivity index (χ0n) is 11.7. The number of thiazole rings is 1. The highest BCUT2D eigenvalue weighted by atomic mass is 79.9. The summed E-state index contributed by atoms with van der Waals surface area (Å²) in [5.74, 6) is 0. The summed E-state index contributed by atoms with van der Waals surface area (Å²) < 4.78 is 1.18. The van der Waals surface area contributed by atoms with E-state index in [1.165, 1.54) is 44.9 Å². The van der Waals surface area contributed by atoms with Crippen molar-refractivity contribution in [1.29, 1.82) is 0 Å². The van der Waals surface area contributed by atoms with Gasteiger partial charge < -0.3 is 5.32 Å². The van der Waals surface area contributed by atoms with Crippen LogP contribution >= 0.6 is 27.3 Å². The highest BCUT2D eigenvalue weighted by Crippen LogP contribution is 2.34. The Morgan fingerprint density at radius 2 is 2.25 bits per heavy atom. The van der Waals surface area contributed by atoms with Crippen LogP contribution < -0.4 is 5.32 Å². The molecular weight excluding hydrogens is 332 g/mol. The summed E-state index contributed by atoms with van der Waals surface area (Å²) >= 11 is 5.52. The molecule has 1 aromatic heterocycles. The molecule has 0 aliphatic heterocycles. The van der Waals surface area contributed by atoms with E-state index in [0.29, 0.717) is 6.04 Å². The van der Waals surface area contributed by atoms with Crippen LogP contribution in [0.5, 0.6) is 0 Å². The van der Waals surface area contributed by atoms with E-state index in [1.54, 1.807) is 0 Å².